The van der Waals surface area contributed by atoms with Crippen LogP contribution in [0.3, 0.4) is 0 Å². The van der Waals surface area contributed by atoms with Crippen molar-refractivity contribution in [2.75, 3.05) is 0 Å². The van der Waals surface area contributed by atoms with E-state index in [0.717, 1.165) is 5.82 Å². The van der Waals surface area contributed by atoms with Gasteiger partial charge in [-0.25, -0.2) is 4.98 Å². The van der Waals surface area contributed by atoms with Gasteiger partial charge in [-0.2, -0.15) is 0 Å². The fraction of sp³-hybridized carbons (Fsp3) is 0.273. The summed E-state index contributed by atoms with van der Waals surface area (Å²) in [6.45, 7) is 3.77. The lowest BCUT2D eigenvalue weighted by Gasteiger charge is -2.08. The van der Waals surface area contributed by atoms with Crippen LogP contribution in [0, 0.1) is 0 Å². The van der Waals surface area contributed by atoms with Gasteiger partial charge in [-0.1, -0.05) is 18.2 Å². The van der Waals surface area contributed by atoms with Crippen LogP contribution in [0.4, 0.5) is 0 Å². The molecule has 1 heterocycles. The molecule has 4 heteroatoms. The number of nitrogens with zero attached hydrogens (tertiary/aromatic N) is 1. The first-order chi connectivity index (χ1) is 7.24. The zero-order valence-corrected chi connectivity index (χ0v) is 8.90. The summed E-state index contributed by atoms with van der Waals surface area (Å²) < 4.78 is 0. The Morgan fingerprint density at radius 2 is 2.40 bits per heavy atom. The first-order valence-electron chi connectivity index (χ1n) is 4.83. The molecule has 0 saturated heterocycles. The molecule has 0 radical (unpaired) electrons. The largest absolute Gasteiger partial charge is 0.347 e. The van der Waals surface area contributed by atoms with Gasteiger partial charge in [0.2, 0.25) is 5.91 Å². The Morgan fingerprint density at radius 1 is 1.60 bits per heavy atom. The number of carbonyl (C=O) groups is 1. The number of aromatic amines is 1. The first-order valence-corrected chi connectivity index (χ1v) is 4.83. The lowest BCUT2D eigenvalue weighted by Crippen LogP contribution is -2.25. The van der Waals surface area contributed by atoms with E-state index in [1.54, 1.807) is 24.5 Å². The van der Waals surface area contributed by atoms with Crippen molar-refractivity contribution in [3.05, 3.63) is 42.5 Å². The molecule has 0 aromatic carbocycles. The zero-order valence-electron chi connectivity index (χ0n) is 8.90. The molecule has 0 spiro atoms. The van der Waals surface area contributed by atoms with Gasteiger partial charge in [0.05, 0.1) is 6.04 Å². The van der Waals surface area contributed by atoms with E-state index < -0.39 is 0 Å². The van der Waals surface area contributed by atoms with Crippen molar-refractivity contribution in [1.29, 1.82) is 0 Å². The van der Waals surface area contributed by atoms with Gasteiger partial charge in [0.15, 0.2) is 0 Å². The number of allylic oxidation sites excluding steroid dienone is 3. The van der Waals surface area contributed by atoms with Gasteiger partial charge in [-0.3, -0.25) is 4.79 Å². The van der Waals surface area contributed by atoms with Crippen molar-refractivity contribution < 1.29 is 4.79 Å². The van der Waals surface area contributed by atoms with E-state index in [1.807, 2.05) is 19.9 Å². The van der Waals surface area contributed by atoms with Gasteiger partial charge in [-0.15, -0.1) is 0 Å². The van der Waals surface area contributed by atoms with Crippen molar-refractivity contribution in [3.8, 4) is 0 Å². The lowest BCUT2D eigenvalue weighted by molar-refractivity contribution is -0.117. The highest BCUT2D eigenvalue weighted by molar-refractivity contribution is 5.87. The quantitative estimate of drug-likeness (QED) is 0.581. The molecule has 0 fully saturated rings. The normalized spacial score (nSPS) is 13.5. The third-order valence-corrected chi connectivity index (χ3v) is 1.84. The summed E-state index contributed by atoms with van der Waals surface area (Å²) in [6.07, 6.45) is 10.2. The maximum atomic E-state index is 11.4. The predicted molar refractivity (Wildman–Crippen MR) is 59.1 cm³/mol. The monoisotopic (exact) mass is 205 g/mol. The van der Waals surface area contributed by atoms with Gasteiger partial charge in [0.1, 0.15) is 5.82 Å². The average molecular weight is 205 g/mol. The second kappa shape index (κ2) is 5.80. The molecule has 1 aromatic rings. The molecular formula is C11H15N3O. The lowest BCUT2D eigenvalue weighted by atomic mass is 10.3. The molecule has 0 saturated carbocycles. The van der Waals surface area contributed by atoms with Crippen molar-refractivity contribution >= 4 is 5.91 Å². The molecule has 2 N–H and O–H groups in total. The zero-order chi connectivity index (χ0) is 11.1. The number of aromatic nitrogens is 2. The van der Waals surface area contributed by atoms with Crippen LogP contribution < -0.4 is 5.32 Å². The molecule has 0 aliphatic rings. The van der Waals surface area contributed by atoms with Crippen LogP contribution in [0.15, 0.2) is 36.7 Å². The van der Waals surface area contributed by atoms with Crippen LogP contribution in [0.1, 0.15) is 25.7 Å². The number of amides is 1. The van der Waals surface area contributed by atoms with Crippen LogP contribution >= 0.6 is 0 Å². The van der Waals surface area contributed by atoms with E-state index in [1.165, 1.54) is 6.08 Å². The summed E-state index contributed by atoms with van der Waals surface area (Å²) in [5, 5.41) is 2.79. The molecule has 1 aromatic heterocycles. The second-order valence-electron chi connectivity index (χ2n) is 3.09. The minimum Gasteiger partial charge on any atom is -0.347 e. The number of hydrogen-bond acceptors (Lipinski definition) is 2. The Balaban J connectivity index is 2.45. The summed E-state index contributed by atoms with van der Waals surface area (Å²) in [5.41, 5.74) is 0. The molecule has 0 aliphatic carbocycles. The highest BCUT2D eigenvalue weighted by atomic mass is 16.1. The highest BCUT2D eigenvalue weighted by Gasteiger charge is 2.08. The summed E-state index contributed by atoms with van der Waals surface area (Å²) in [5.74, 6) is 0.625. The van der Waals surface area contributed by atoms with E-state index in [2.05, 4.69) is 15.3 Å². The smallest absolute Gasteiger partial charge is 0.244 e. The van der Waals surface area contributed by atoms with Crippen molar-refractivity contribution in [3.63, 3.8) is 0 Å². The van der Waals surface area contributed by atoms with E-state index in [-0.39, 0.29) is 11.9 Å². The number of rotatable bonds is 4. The summed E-state index contributed by atoms with van der Waals surface area (Å²) in [4.78, 5) is 18.4. The third kappa shape index (κ3) is 3.81. The Kier molecular flexibility index (Phi) is 4.34. The first kappa shape index (κ1) is 11.2. The molecule has 80 valence electrons. The third-order valence-electron chi connectivity index (χ3n) is 1.84. The summed E-state index contributed by atoms with van der Waals surface area (Å²) in [6, 6.07) is -0.109. The Hall–Kier alpha value is -1.84. The molecular weight excluding hydrogens is 190 g/mol. The predicted octanol–water partition coefficient (Wildman–Crippen LogP) is 1.72. The molecule has 0 bridgehead atoms. The molecule has 1 unspecified atom stereocenters. The van der Waals surface area contributed by atoms with E-state index in [9.17, 15) is 4.79 Å². The Bertz CT molecular complexity index is 352. The van der Waals surface area contributed by atoms with E-state index in [0.29, 0.717) is 0 Å². The van der Waals surface area contributed by atoms with E-state index >= 15 is 0 Å². The van der Waals surface area contributed by atoms with E-state index in [4.69, 9.17) is 0 Å². The highest BCUT2D eigenvalue weighted by Crippen LogP contribution is 2.04. The minimum atomic E-state index is -0.128. The molecule has 1 rings (SSSR count). The second-order valence-corrected chi connectivity index (χ2v) is 3.09. The number of nitrogens with one attached hydrogen (secondary N) is 2. The molecule has 4 nitrogen and oxygen atoms in total. The maximum Gasteiger partial charge on any atom is 0.244 e. The van der Waals surface area contributed by atoms with Crippen LogP contribution in [0.25, 0.3) is 0 Å². The molecule has 0 aliphatic heterocycles. The van der Waals surface area contributed by atoms with Crippen LogP contribution in [-0.2, 0) is 4.79 Å². The average Bonchev–Trinajstić information content (AvgIpc) is 2.70. The van der Waals surface area contributed by atoms with Gasteiger partial charge >= 0.3 is 0 Å². The van der Waals surface area contributed by atoms with Crippen LogP contribution in [-0.4, -0.2) is 15.9 Å². The van der Waals surface area contributed by atoms with Gasteiger partial charge in [-0.05, 0) is 13.8 Å². The van der Waals surface area contributed by atoms with Crippen LogP contribution in [0.5, 0.6) is 0 Å². The van der Waals surface area contributed by atoms with Gasteiger partial charge < -0.3 is 10.3 Å². The minimum absolute atomic E-state index is 0.109. The fourth-order valence-corrected chi connectivity index (χ4v) is 1.10. The molecule has 15 heavy (non-hydrogen) atoms. The van der Waals surface area contributed by atoms with Gasteiger partial charge in [0.25, 0.3) is 0 Å². The summed E-state index contributed by atoms with van der Waals surface area (Å²) >= 11 is 0. The number of hydrogen-bond donors (Lipinski definition) is 2. The fourth-order valence-electron chi connectivity index (χ4n) is 1.10. The number of carbonyl (C=O) groups excluding carboxylic acids is 1. The number of imidazole rings is 1. The topological polar surface area (TPSA) is 57.8 Å². The molecule has 1 atom stereocenters. The summed E-state index contributed by atoms with van der Waals surface area (Å²) in [7, 11) is 0. The Labute approximate surface area is 89.1 Å². The molecule has 1 amide bonds. The van der Waals surface area contributed by atoms with Crippen LogP contribution in [0.2, 0.25) is 0 Å². The number of H-pyrrole nitrogens is 1. The van der Waals surface area contributed by atoms with Crippen molar-refractivity contribution in [2.45, 2.75) is 19.9 Å². The van der Waals surface area contributed by atoms with Crippen molar-refractivity contribution in [2.24, 2.45) is 0 Å². The Morgan fingerprint density at radius 3 is 3.00 bits per heavy atom. The standard InChI is InChI=1S/C11H15N3O/c1-3-4-5-6-10(15)14-9(2)11-12-7-8-13-11/h3-9H,1-2H3,(H,12,13)(H,14,15). The SMILES string of the molecule is CC=CC=CC(=O)NC(C)c1ncc[nH]1. The van der Waals surface area contributed by atoms with Crippen molar-refractivity contribution in [1.82, 2.24) is 15.3 Å². The maximum absolute atomic E-state index is 11.4. The van der Waals surface area contributed by atoms with Gasteiger partial charge in [0, 0.05) is 18.5 Å².